The largest absolute Gasteiger partial charge is 0.394 e. The summed E-state index contributed by atoms with van der Waals surface area (Å²) in [6.07, 6.45) is 4.31. The van der Waals surface area contributed by atoms with Gasteiger partial charge in [0.25, 0.3) is 0 Å². The molecule has 0 saturated carbocycles. The van der Waals surface area contributed by atoms with E-state index in [1.165, 1.54) is 0 Å². The molecule has 3 unspecified atom stereocenters. The van der Waals surface area contributed by atoms with Crippen LogP contribution in [0.2, 0.25) is 0 Å². The molecule has 1 N–H and O–H groups in total. The number of likely N-dealkylation sites (tertiary alicyclic amines) is 1. The van der Waals surface area contributed by atoms with Gasteiger partial charge in [-0.2, -0.15) is 0 Å². The number of rotatable bonds is 13. The van der Waals surface area contributed by atoms with Gasteiger partial charge in [0.15, 0.2) is 0 Å². The van der Waals surface area contributed by atoms with Crippen molar-refractivity contribution >= 4 is 23.4 Å². The Bertz CT molecular complexity index is 1230. The predicted octanol–water partition coefficient (Wildman–Crippen LogP) is 2.33. The number of anilines is 1. The Hall–Kier alpha value is -3.05. The third-order valence-corrected chi connectivity index (χ3v) is 10.4. The van der Waals surface area contributed by atoms with Crippen LogP contribution in [0.25, 0.3) is 0 Å². The Morgan fingerprint density at radius 2 is 1.82 bits per heavy atom. The summed E-state index contributed by atoms with van der Waals surface area (Å²) in [4.78, 5) is 51.3. The van der Waals surface area contributed by atoms with Gasteiger partial charge < -0.3 is 29.3 Å². The monoisotopic (exact) mass is 608 g/mol. The molecular formula is C34H48N4O6. The normalized spacial score (nSPS) is 31.9. The molecule has 5 rings (SSSR count). The molecule has 1 aromatic carbocycles. The minimum absolute atomic E-state index is 0.0903. The van der Waals surface area contributed by atoms with Crippen LogP contribution in [0.1, 0.15) is 33.6 Å². The van der Waals surface area contributed by atoms with E-state index in [4.69, 9.17) is 9.47 Å². The first kappa shape index (κ1) is 32.3. The lowest BCUT2D eigenvalue weighted by molar-refractivity contribution is -0.155. The summed E-state index contributed by atoms with van der Waals surface area (Å²) in [5, 5.41) is 10.5. The number of carbonyl (C=O) groups excluding carboxylic acids is 3. The zero-order valence-corrected chi connectivity index (χ0v) is 26.4. The van der Waals surface area contributed by atoms with Gasteiger partial charge in [0.05, 0.1) is 43.3 Å². The second-order valence-electron chi connectivity index (χ2n) is 12.8. The summed E-state index contributed by atoms with van der Waals surface area (Å²) in [5.74, 6) is -2.49. The molecule has 44 heavy (non-hydrogen) atoms. The Balaban J connectivity index is 1.55. The molecule has 3 amide bonds. The highest BCUT2D eigenvalue weighted by atomic mass is 16.5. The zero-order valence-electron chi connectivity index (χ0n) is 26.4. The van der Waals surface area contributed by atoms with E-state index in [1.54, 1.807) is 26.9 Å². The van der Waals surface area contributed by atoms with E-state index in [-0.39, 0.29) is 36.8 Å². The van der Waals surface area contributed by atoms with E-state index in [1.807, 2.05) is 51.1 Å². The molecule has 240 valence electrons. The van der Waals surface area contributed by atoms with Crippen LogP contribution >= 0.6 is 0 Å². The number of para-hydroxylation sites is 1. The molecule has 10 heteroatoms. The lowest BCUT2D eigenvalue weighted by Gasteiger charge is -2.40. The summed E-state index contributed by atoms with van der Waals surface area (Å²) < 4.78 is 12.4. The molecule has 4 saturated heterocycles. The number of aliphatic hydroxyl groups excluding tert-OH is 1. The molecule has 7 atom stereocenters. The van der Waals surface area contributed by atoms with Gasteiger partial charge in [-0.1, -0.05) is 44.2 Å². The van der Waals surface area contributed by atoms with Crippen molar-refractivity contribution in [3.63, 3.8) is 0 Å². The molecule has 0 aliphatic carbocycles. The smallest absolute Gasteiger partial charge is 0.248 e. The molecular weight excluding hydrogens is 560 g/mol. The average molecular weight is 609 g/mol. The van der Waals surface area contributed by atoms with Gasteiger partial charge in [-0.05, 0) is 37.8 Å². The molecule has 4 fully saturated rings. The molecule has 4 aliphatic heterocycles. The van der Waals surface area contributed by atoms with Crippen LogP contribution in [0.15, 0.2) is 55.6 Å². The van der Waals surface area contributed by atoms with Gasteiger partial charge >= 0.3 is 0 Å². The van der Waals surface area contributed by atoms with Crippen LogP contribution in [0.3, 0.4) is 0 Å². The second kappa shape index (κ2) is 13.1. The van der Waals surface area contributed by atoms with Gasteiger partial charge in [0.1, 0.15) is 11.6 Å². The van der Waals surface area contributed by atoms with Gasteiger partial charge in [-0.25, -0.2) is 0 Å². The standard InChI is InChI=1S/C34H48N4O6/c1-6-14-36(17-16-35-18-20-43-21-19-35)32(42)29-34-22-24(4)33(5,44-34)27(28(34)31(41)38(29)25(8-3)23-39)30(40)37(15-7-2)26-12-10-9-11-13-26/h6-7,9-13,24-25,27-29,39H,1-2,8,14-23H2,3-5H3/t24?,25-,27-,28-,29?,33+,34?/m0/s1. The summed E-state index contributed by atoms with van der Waals surface area (Å²) in [6.45, 7) is 18.0. The maximum absolute atomic E-state index is 14.7. The minimum Gasteiger partial charge on any atom is -0.394 e. The van der Waals surface area contributed by atoms with Gasteiger partial charge in [0.2, 0.25) is 17.7 Å². The van der Waals surface area contributed by atoms with Crippen molar-refractivity contribution in [2.75, 3.05) is 64.0 Å². The van der Waals surface area contributed by atoms with Gasteiger partial charge in [-0.3, -0.25) is 19.3 Å². The molecule has 4 heterocycles. The van der Waals surface area contributed by atoms with E-state index in [9.17, 15) is 19.5 Å². The van der Waals surface area contributed by atoms with Crippen molar-refractivity contribution in [3.05, 3.63) is 55.6 Å². The number of amides is 3. The summed E-state index contributed by atoms with van der Waals surface area (Å²) >= 11 is 0. The van der Waals surface area contributed by atoms with Crippen molar-refractivity contribution < 1.29 is 29.0 Å². The summed E-state index contributed by atoms with van der Waals surface area (Å²) in [6, 6.07) is 7.82. The van der Waals surface area contributed by atoms with E-state index in [2.05, 4.69) is 18.1 Å². The molecule has 2 bridgehead atoms. The molecule has 0 aromatic heterocycles. The molecule has 1 spiro atoms. The third kappa shape index (κ3) is 5.29. The van der Waals surface area contributed by atoms with Crippen molar-refractivity contribution in [2.24, 2.45) is 17.8 Å². The lowest BCUT2D eigenvalue weighted by atomic mass is 9.62. The Morgan fingerprint density at radius 3 is 2.43 bits per heavy atom. The predicted molar refractivity (Wildman–Crippen MR) is 168 cm³/mol. The fourth-order valence-corrected chi connectivity index (χ4v) is 8.07. The Labute approximate surface area is 261 Å². The second-order valence-corrected chi connectivity index (χ2v) is 12.8. The summed E-state index contributed by atoms with van der Waals surface area (Å²) in [7, 11) is 0. The number of hydrogen-bond donors (Lipinski definition) is 1. The highest BCUT2D eigenvalue weighted by Crippen LogP contribution is 2.66. The number of carbonyl (C=O) groups is 3. The van der Waals surface area contributed by atoms with Crippen LogP contribution in [0.5, 0.6) is 0 Å². The molecule has 4 aliphatic rings. The maximum atomic E-state index is 14.7. The van der Waals surface area contributed by atoms with Crippen LogP contribution in [-0.2, 0) is 23.9 Å². The minimum atomic E-state index is -1.19. The highest BCUT2D eigenvalue weighted by Gasteiger charge is 2.80. The fraction of sp³-hybridized carbons (Fsp3) is 0.618. The van der Waals surface area contributed by atoms with Gasteiger partial charge in [-0.15, -0.1) is 13.2 Å². The summed E-state index contributed by atoms with van der Waals surface area (Å²) in [5.41, 5.74) is -1.43. The van der Waals surface area contributed by atoms with E-state index >= 15 is 0 Å². The first-order chi connectivity index (χ1) is 21.2. The van der Waals surface area contributed by atoms with E-state index in [0.29, 0.717) is 51.4 Å². The molecule has 1 aromatic rings. The van der Waals surface area contributed by atoms with Crippen LogP contribution < -0.4 is 4.90 Å². The third-order valence-electron chi connectivity index (χ3n) is 10.4. The fourth-order valence-electron chi connectivity index (χ4n) is 8.07. The number of hydrogen-bond acceptors (Lipinski definition) is 7. The van der Waals surface area contributed by atoms with Crippen LogP contribution in [0, 0.1) is 17.8 Å². The molecule has 0 radical (unpaired) electrons. The average Bonchev–Trinajstić information content (AvgIpc) is 3.55. The number of ether oxygens (including phenoxy) is 2. The first-order valence-electron chi connectivity index (χ1n) is 16.0. The van der Waals surface area contributed by atoms with Crippen molar-refractivity contribution in [1.82, 2.24) is 14.7 Å². The van der Waals surface area contributed by atoms with Crippen molar-refractivity contribution in [1.29, 1.82) is 0 Å². The Kier molecular flexibility index (Phi) is 9.65. The number of aliphatic hydroxyl groups is 1. The topological polar surface area (TPSA) is 103 Å². The van der Waals surface area contributed by atoms with E-state index < -0.39 is 35.1 Å². The number of fused-ring (bicyclic) bond motifs is 1. The Morgan fingerprint density at radius 1 is 1.14 bits per heavy atom. The van der Waals surface area contributed by atoms with Crippen molar-refractivity contribution in [3.8, 4) is 0 Å². The quantitative estimate of drug-likeness (QED) is 0.343. The number of nitrogens with zero attached hydrogens (tertiary/aromatic N) is 4. The SMILES string of the molecule is C=CCN(CCN1CCOCC1)C(=O)C1N([C@@H](CC)CO)C(=O)[C@@H]2[C@@H](C(=O)N(CC=C)c3ccccc3)[C@]3(C)OC12CC3C. The lowest BCUT2D eigenvalue weighted by Crippen LogP contribution is -2.59. The van der Waals surface area contributed by atoms with Crippen LogP contribution in [0.4, 0.5) is 5.69 Å². The highest BCUT2D eigenvalue weighted by molar-refractivity contribution is 6.03. The van der Waals surface area contributed by atoms with Crippen molar-refractivity contribution in [2.45, 2.75) is 56.9 Å². The molecule has 10 nitrogen and oxygen atoms in total. The van der Waals surface area contributed by atoms with Gasteiger partial charge in [0, 0.05) is 45.0 Å². The zero-order chi connectivity index (χ0) is 31.6. The number of morpholine rings is 1. The maximum Gasteiger partial charge on any atom is 0.248 e. The van der Waals surface area contributed by atoms with Crippen LogP contribution in [-0.4, -0.2) is 120 Å². The first-order valence-corrected chi connectivity index (χ1v) is 16.0. The number of benzene rings is 1. The van der Waals surface area contributed by atoms with E-state index in [0.717, 1.165) is 13.1 Å².